The predicted molar refractivity (Wildman–Crippen MR) is 88.8 cm³/mol. The number of benzene rings is 1. The number of nitrogens with one attached hydrogen (secondary N) is 2. The highest BCUT2D eigenvalue weighted by Gasteiger charge is 2.21. The quantitative estimate of drug-likeness (QED) is 0.618. The number of hydrazine groups is 1. The first-order valence-corrected chi connectivity index (χ1v) is 8.41. The molecule has 2 rings (SSSR count). The topological polar surface area (TPSA) is 84.5 Å². The molecule has 6 heteroatoms. The fourth-order valence-corrected chi connectivity index (χ4v) is 2.81. The summed E-state index contributed by atoms with van der Waals surface area (Å²) in [5.74, 6) is -0.761. The lowest BCUT2D eigenvalue weighted by Gasteiger charge is -2.15. The molecule has 1 atom stereocenters. The molecule has 1 fully saturated rings. The zero-order valence-corrected chi connectivity index (χ0v) is 13.9. The normalized spacial score (nSPS) is 15.5. The minimum Gasteiger partial charge on any atom is -0.452 e. The van der Waals surface area contributed by atoms with Crippen LogP contribution in [0.25, 0.3) is 0 Å². The Balaban J connectivity index is 1.67. The monoisotopic (exact) mass is 332 g/mol. The van der Waals surface area contributed by atoms with Crippen LogP contribution < -0.4 is 10.9 Å². The molecule has 0 bridgehead atoms. The van der Waals surface area contributed by atoms with E-state index in [4.69, 9.17) is 4.74 Å². The Kier molecular flexibility index (Phi) is 6.78. The van der Waals surface area contributed by atoms with Crippen molar-refractivity contribution >= 4 is 17.8 Å². The molecule has 6 nitrogen and oxygen atoms in total. The van der Waals surface area contributed by atoms with Crippen LogP contribution in [-0.2, 0) is 14.3 Å². The zero-order chi connectivity index (χ0) is 17.4. The summed E-state index contributed by atoms with van der Waals surface area (Å²) >= 11 is 0. The molecule has 1 aromatic carbocycles. The Labute approximate surface area is 141 Å². The molecule has 0 spiro atoms. The van der Waals surface area contributed by atoms with Crippen molar-refractivity contribution in [3.05, 3.63) is 35.9 Å². The number of ether oxygens (including phenoxy) is 1. The molecule has 2 amide bonds. The smallest absolute Gasteiger partial charge is 0.306 e. The molecule has 0 heterocycles. The molecule has 1 aliphatic carbocycles. The Bertz CT molecular complexity index is 568. The average molecular weight is 332 g/mol. The highest BCUT2D eigenvalue weighted by Crippen LogP contribution is 2.28. The summed E-state index contributed by atoms with van der Waals surface area (Å²) in [4.78, 5) is 35.5. The van der Waals surface area contributed by atoms with Crippen LogP contribution in [0.2, 0.25) is 0 Å². The van der Waals surface area contributed by atoms with Crippen molar-refractivity contribution in [2.75, 3.05) is 0 Å². The largest absolute Gasteiger partial charge is 0.452 e. The molecule has 2 N–H and O–H groups in total. The number of carbonyl (C=O) groups excluding carboxylic acids is 3. The molecule has 0 radical (unpaired) electrons. The van der Waals surface area contributed by atoms with Crippen molar-refractivity contribution in [3.8, 4) is 0 Å². The maximum atomic E-state index is 11.9. The second kappa shape index (κ2) is 9.05. The van der Waals surface area contributed by atoms with Gasteiger partial charge in [0.25, 0.3) is 11.8 Å². The van der Waals surface area contributed by atoms with E-state index in [9.17, 15) is 14.4 Å². The maximum Gasteiger partial charge on any atom is 0.306 e. The van der Waals surface area contributed by atoms with Crippen LogP contribution in [-0.4, -0.2) is 23.9 Å². The molecule has 1 saturated carbocycles. The molecule has 1 aliphatic rings. The summed E-state index contributed by atoms with van der Waals surface area (Å²) in [6.07, 6.45) is 5.02. The highest BCUT2D eigenvalue weighted by atomic mass is 16.5. The van der Waals surface area contributed by atoms with Gasteiger partial charge in [0, 0.05) is 12.0 Å². The van der Waals surface area contributed by atoms with Crippen molar-refractivity contribution in [2.24, 2.45) is 5.92 Å². The van der Waals surface area contributed by atoms with Gasteiger partial charge in [-0.05, 0) is 31.4 Å². The third kappa shape index (κ3) is 5.68. The van der Waals surface area contributed by atoms with Gasteiger partial charge in [0.2, 0.25) is 0 Å². The van der Waals surface area contributed by atoms with Crippen LogP contribution in [0.15, 0.2) is 30.3 Å². The van der Waals surface area contributed by atoms with E-state index < -0.39 is 17.9 Å². The third-order valence-corrected chi connectivity index (χ3v) is 4.24. The van der Waals surface area contributed by atoms with Gasteiger partial charge in [0.1, 0.15) is 0 Å². The summed E-state index contributed by atoms with van der Waals surface area (Å²) in [5, 5.41) is 0. The second-order valence-electron chi connectivity index (χ2n) is 6.13. The Hall–Kier alpha value is -2.37. The van der Waals surface area contributed by atoms with E-state index in [1.807, 2.05) is 0 Å². The van der Waals surface area contributed by atoms with Crippen LogP contribution in [0.4, 0.5) is 0 Å². The summed E-state index contributed by atoms with van der Waals surface area (Å²) < 4.78 is 5.11. The number of hydrogen-bond donors (Lipinski definition) is 2. The van der Waals surface area contributed by atoms with Gasteiger partial charge < -0.3 is 4.74 Å². The standard InChI is InChI=1S/C18H24N2O4/c1-13(24-16(21)12-11-14-7-5-6-8-14)17(22)19-20-18(23)15-9-3-2-4-10-15/h2-4,9-10,13-14H,5-8,11-12H2,1H3,(H,19,22)(H,20,23)/t13-/m0/s1. The average Bonchev–Trinajstić information content (AvgIpc) is 3.11. The van der Waals surface area contributed by atoms with E-state index in [2.05, 4.69) is 10.9 Å². The number of hydrogen-bond acceptors (Lipinski definition) is 4. The molecule has 0 aromatic heterocycles. The summed E-state index contributed by atoms with van der Waals surface area (Å²) in [6.45, 7) is 1.48. The second-order valence-corrected chi connectivity index (χ2v) is 6.13. The van der Waals surface area contributed by atoms with Crippen LogP contribution >= 0.6 is 0 Å². The molecular formula is C18H24N2O4. The van der Waals surface area contributed by atoms with Crippen molar-refractivity contribution in [2.45, 2.75) is 51.6 Å². The minimum atomic E-state index is -0.947. The zero-order valence-electron chi connectivity index (χ0n) is 13.9. The minimum absolute atomic E-state index is 0.332. The van der Waals surface area contributed by atoms with E-state index in [0.29, 0.717) is 17.9 Å². The number of rotatable bonds is 6. The van der Waals surface area contributed by atoms with Crippen molar-refractivity contribution in [1.82, 2.24) is 10.9 Å². The summed E-state index contributed by atoms with van der Waals surface area (Å²) in [6, 6.07) is 8.52. The van der Waals surface area contributed by atoms with E-state index >= 15 is 0 Å². The lowest BCUT2D eigenvalue weighted by Crippen LogP contribution is -2.46. The van der Waals surface area contributed by atoms with E-state index in [0.717, 1.165) is 6.42 Å². The summed E-state index contributed by atoms with van der Waals surface area (Å²) in [7, 11) is 0. The summed E-state index contributed by atoms with van der Waals surface area (Å²) in [5.41, 5.74) is 5.00. The van der Waals surface area contributed by atoms with Gasteiger partial charge >= 0.3 is 5.97 Å². The molecule has 0 unspecified atom stereocenters. The van der Waals surface area contributed by atoms with Gasteiger partial charge in [-0.1, -0.05) is 43.9 Å². The van der Waals surface area contributed by atoms with Crippen LogP contribution in [0.1, 0.15) is 55.8 Å². The van der Waals surface area contributed by atoms with Gasteiger partial charge in [0.05, 0.1) is 0 Å². The molecular weight excluding hydrogens is 308 g/mol. The van der Waals surface area contributed by atoms with E-state index in [1.165, 1.54) is 32.6 Å². The highest BCUT2D eigenvalue weighted by molar-refractivity contribution is 5.95. The predicted octanol–water partition coefficient (Wildman–Crippen LogP) is 2.35. The lowest BCUT2D eigenvalue weighted by atomic mass is 10.0. The molecule has 1 aromatic rings. The maximum absolute atomic E-state index is 11.9. The van der Waals surface area contributed by atoms with Gasteiger partial charge in [-0.25, -0.2) is 0 Å². The van der Waals surface area contributed by atoms with E-state index in [-0.39, 0.29) is 5.97 Å². The van der Waals surface area contributed by atoms with Gasteiger partial charge in [-0.15, -0.1) is 0 Å². The van der Waals surface area contributed by atoms with Crippen LogP contribution in [0.5, 0.6) is 0 Å². The number of amides is 2. The Morgan fingerprint density at radius 3 is 2.46 bits per heavy atom. The molecule has 130 valence electrons. The van der Waals surface area contributed by atoms with Crippen molar-refractivity contribution in [1.29, 1.82) is 0 Å². The number of esters is 1. The van der Waals surface area contributed by atoms with E-state index in [1.54, 1.807) is 30.3 Å². The molecule has 24 heavy (non-hydrogen) atoms. The molecule has 0 aliphatic heterocycles. The van der Waals surface area contributed by atoms with Crippen LogP contribution in [0.3, 0.4) is 0 Å². The molecule has 0 saturated heterocycles. The lowest BCUT2D eigenvalue weighted by molar-refractivity contribution is -0.155. The SMILES string of the molecule is C[C@H](OC(=O)CCC1CCCC1)C(=O)NNC(=O)c1ccccc1. The van der Waals surface area contributed by atoms with Crippen LogP contribution in [0, 0.1) is 5.92 Å². The fraction of sp³-hybridized carbons (Fsp3) is 0.500. The van der Waals surface area contributed by atoms with Crippen molar-refractivity contribution < 1.29 is 19.1 Å². The fourth-order valence-electron chi connectivity index (χ4n) is 2.81. The number of carbonyl (C=O) groups is 3. The van der Waals surface area contributed by atoms with Crippen molar-refractivity contribution in [3.63, 3.8) is 0 Å². The van der Waals surface area contributed by atoms with Gasteiger partial charge in [-0.2, -0.15) is 0 Å². The Morgan fingerprint density at radius 2 is 1.79 bits per heavy atom. The van der Waals surface area contributed by atoms with Gasteiger partial charge in [0.15, 0.2) is 6.10 Å². The first kappa shape index (κ1) is 18.0. The Morgan fingerprint density at radius 1 is 1.12 bits per heavy atom. The first-order chi connectivity index (χ1) is 11.6. The van der Waals surface area contributed by atoms with Gasteiger partial charge in [-0.3, -0.25) is 25.2 Å². The third-order valence-electron chi connectivity index (χ3n) is 4.24. The first-order valence-electron chi connectivity index (χ1n) is 8.41.